The largest absolute Gasteiger partial charge is 0.426 e. The molecule has 0 aliphatic heterocycles. The van der Waals surface area contributed by atoms with E-state index in [9.17, 15) is 9.59 Å². The van der Waals surface area contributed by atoms with Crippen LogP contribution >= 0.6 is 0 Å². The summed E-state index contributed by atoms with van der Waals surface area (Å²) in [5.74, 6) is 0.132. The summed E-state index contributed by atoms with van der Waals surface area (Å²) in [4.78, 5) is 23.7. The molecule has 0 saturated heterocycles. The van der Waals surface area contributed by atoms with Crippen molar-refractivity contribution in [1.82, 2.24) is 0 Å². The van der Waals surface area contributed by atoms with E-state index in [1.807, 2.05) is 44.2 Å². The molecule has 1 atom stereocenters. The fourth-order valence-electron chi connectivity index (χ4n) is 1.90. The molecule has 3 heteroatoms. The Labute approximate surface area is 136 Å². The van der Waals surface area contributed by atoms with Crippen LogP contribution in [0.3, 0.4) is 0 Å². The molecular formula is C20H20O3. The standard InChI is InChI=1S/C20H20O3/c1-3-15(2)20(22)23-18-12-9-16(10-13-18)11-14-19(21)17-7-5-4-6-8-17/h4-15H,3H2,1-2H3. The number of esters is 1. The van der Waals surface area contributed by atoms with Crippen LogP contribution in [0.1, 0.15) is 36.2 Å². The minimum Gasteiger partial charge on any atom is -0.426 e. The number of carbonyl (C=O) groups is 2. The fourth-order valence-corrected chi connectivity index (χ4v) is 1.90. The van der Waals surface area contributed by atoms with Crippen molar-refractivity contribution in [2.24, 2.45) is 5.92 Å². The number of allylic oxidation sites excluding steroid dienone is 1. The molecule has 0 N–H and O–H groups in total. The van der Waals surface area contributed by atoms with Gasteiger partial charge in [-0.3, -0.25) is 9.59 Å². The van der Waals surface area contributed by atoms with Crippen LogP contribution in [-0.2, 0) is 4.79 Å². The van der Waals surface area contributed by atoms with Crippen LogP contribution in [0.4, 0.5) is 0 Å². The zero-order valence-corrected chi connectivity index (χ0v) is 13.4. The predicted octanol–water partition coefficient (Wildman–Crippen LogP) is 4.53. The minimum atomic E-state index is -0.227. The van der Waals surface area contributed by atoms with Gasteiger partial charge in [0.05, 0.1) is 5.92 Å². The van der Waals surface area contributed by atoms with Gasteiger partial charge in [0, 0.05) is 5.56 Å². The Bertz CT molecular complexity index is 685. The first-order valence-electron chi connectivity index (χ1n) is 7.69. The van der Waals surface area contributed by atoms with Crippen molar-refractivity contribution < 1.29 is 14.3 Å². The van der Waals surface area contributed by atoms with Gasteiger partial charge in [-0.25, -0.2) is 0 Å². The van der Waals surface area contributed by atoms with Crippen LogP contribution in [0.5, 0.6) is 5.75 Å². The molecule has 2 aromatic rings. The molecule has 0 aromatic heterocycles. The maximum atomic E-state index is 12.0. The summed E-state index contributed by atoms with van der Waals surface area (Å²) >= 11 is 0. The molecule has 0 spiro atoms. The number of ketones is 1. The zero-order chi connectivity index (χ0) is 16.7. The van der Waals surface area contributed by atoms with Crippen LogP contribution in [-0.4, -0.2) is 11.8 Å². The second kappa shape index (κ2) is 8.08. The monoisotopic (exact) mass is 308 g/mol. The summed E-state index contributed by atoms with van der Waals surface area (Å²) in [6.45, 7) is 3.79. The maximum absolute atomic E-state index is 12.0. The van der Waals surface area contributed by atoms with Crippen LogP contribution in [0.2, 0.25) is 0 Å². The van der Waals surface area contributed by atoms with Crippen molar-refractivity contribution in [1.29, 1.82) is 0 Å². The molecule has 0 bridgehead atoms. The first-order chi connectivity index (χ1) is 11.1. The number of rotatable bonds is 6. The van der Waals surface area contributed by atoms with E-state index in [4.69, 9.17) is 4.74 Å². The Hall–Kier alpha value is -2.68. The second-order valence-electron chi connectivity index (χ2n) is 5.36. The van der Waals surface area contributed by atoms with Gasteiger partial charge < -0.3 is 4.74 Å². The summed E-state index contributed by atoms with van der Waals surface area (Å²) < 4.78 is 5.29. The third-order valence-corrected chi connectivity index (χ3v) is 3.60. The summed E-state index contributed by atoms with van der Waals surface area (Å²) in [6, 6.07) is 16.2. The lowest BCUT2D eigenvalue weighted by Gasteiger charge is -2.08. The molecule has 0 heterocycles. The molecular weight excluding hydrogens is 288 g/mol. The molecule has 2 aromatic carbocycles. The Morgan fingerprint density at radius 1 is 1.04 bits per heavy atom. The number of benzene rings is 2. The van der Waals surface area contributed by atoms with Crippen molar-refractivity contribution in [3.63, 3.8) is 0 Å². The molecule has 0 saturated carbocycles. The average molecular weight is 308 g/mol. The van der Waals surface area contributed by atoms with Gasteiger partial charge in [0.15, 0.2) is 5.78 Å². The van der Waals surface area contributed by atoms with Crippen molar-refractivity contribution in [2.75, 3.05) is 0 Å². The van der Waals surface area contributed by atoms with E-state index in [1.54, 1.807) is 30.3 Å². The lowest BCUT2D eigenvalue weighted by Crippen LogP contribution is -2.16. The highest BCUT2D eigenvalue weighted by molar-refractivity contribution is 6.06. The molecule has 3 nitrogen and oxygen atoms in total. The van der Waals surface area contributed by atoms with Gasteiger partial charge in [-0.1, -0.05) is 62.4 Å². The van der Waals surface area contributed by atoms with Crippen molar-refractivity contribution in [2.45, 2.75) is 20.3 Å². The van der Waals surface area contributed by atoms with E-state index in [2.05, 4.69) is 0 Å². The minimum absolute atomic E-state index is 0.0436. The highest BCUT2D eigenvalue weighted by Gasteiger charge is 2.12. The normalized spacial score (nSPS) is 12.1. The van der Waals surface area contributed by atoms with Gasteiger partial charge in [0.25, 0.3) is 0 Å². The van der Waals surface area contributed by atoms with E-state index < -0.39 is 0 Å². The molecule has 23 heavy (non-hydrogen) atoms. The quantitative estimate of drug-likeness (QED) is 0.341. The van der Waals surface area contributed by atoms with E-state index in [0.717, 1.165) is 12.0 Å². The van der Waals surface area contributed by atoms with Crippen LogP contribution in [0, 0.1) is 5.92 Å². The molecule has 1 unspecified atom stereocenters. The van der Waals surface area contributed by atoms with Crippen LogP contribution < -0.4 is 4.74 Å². The van der Waals surface area contributed by atoms with Crippen LogP contribution in [0.25, 0.3) is 6.08 Å². The highest BCUT2D eigenvalue weighted by atomic mass is 16.5. The number of carbonyl (C=O) groups excluding carboxylic acids is 2. The Morgan fingerprint density at radius 2 is 1.70 bits per heavy atom. The van der Waals surface area contributed by atoms with E-state index >= 15 is 0 Å². The topological polar surface area (TPSA) is 43.4 Å². The van der Waals surface area contributed by atoms with E-state index in [0.29, 0.717) is 11.3 Å². The third-order valence-electron chi connectivity index (χ3n) is 3.60. The molecule has 0 amide bonds. The second-order valence-corrected chi connectivity index (χ2v) is 5.36. The zero-order valence-electron chi connectivity index (χ0n) is 13.4. The lowest BCUT2D eigenvalue weighted by atomic mass is 10.1. The summed E-state index contributed by atoms with van der Waals surface area (Å²) in [5.41, 5.74) is 1.53. The summed E-state index contributed by atoms with van der Waals surface area (Å²) in [7, 11) is 0. The average Bonchev–Trinajstić information content (AvgIpc) is 2.60. The number of hydrogen-bond donors (Lipinski definition) is 0. The first kappa shape index (κ1) is 16.7. The number of hydrogen-bond acceptors (Lipinski definition) is 3. The smallest absolute Gasteiger partial charge is 0.314 e. The Balaban J connectivity index is 1.98. The molecule has 0 fully saturated rings. The summed E-state index contributed by atoms with van der Waals surface area (Å²) in [6.07, 6.45) is 4.03. The molecule has 0 aliphatic carbocycles. The SMILES string of the molecule is CCC(C)C(=O)Oc1ccc(C=CC(=O)c2ccccc2)cc1. The van der Waals surface area contributed by atoms with E-state index in [1.165, 1.54) is 6.08 Å². The van der Waals surface area contributed by atoms with Crippen molar-refractivity contribution in [3.8, 4) is 5.75 Å². The van der Waals surface area contributed by atoms with Crippen molar-refractivity contribution >= 4 is 17.8 Å². The molecule has 2 rings (SSSR count). The predicted molar refractivity (Wildman–Crippen MR) is 91.3 cm³/mol. The van der Waals surface area contributed by atoms with Gasteiger partial charge >= 0.3 is 5.97 Å². The van der Waals surface area contributed by atoms with Crippen molar-refractivity contribution in [3.05, 3.63) is 71.8 Å². The van der Waals surface area contributed by atoms with Gasteiger partial charge in [-0.15, -0.1) is 0 Å². The third kappa shape index (κ3) is 4.92. The Morgan fingerprint density at radius 3 is 2.30 bits per heavy atom. The molecule has 0 aliphatic rings. The molecule has 0 radical (unpaired) electrons. The Kier molecular flexibility index (Phi) is 5.87. The van der Waals surface area contributed by atoms with Gasteiger partial charge in [0.2, 0.25) is 0 Å². The van der Waals surface area contributed by atoms with E-state index in [-0.39, 0.29) is 17.7 Å². The number of ether oxygens (including phenoxy) is 1. The molecule has 118 valence electrons. The lowest BCUT2D eigenvalue weighted by molar-refractivity contribution is -0.138. The van der Waals surface area contributed by atoms with Gasteiger partial charge in [-0.05, 0) is 30.2 Å². The summed E-state index contributed by atoms with van der Waals surface area (Å²) in [5, 5.41) is 0. The van der Waals surface area contributed by atoms with Gasteiger partial charge in [0.1, 0.15) is 5.75 Å². The van der Waals surface area contributed by atoms with Gasteiger partial charge in [-0.2, -0.15) is 0 Å². The first-order valence-corrected chi connectivity index (χ1v) is 7.69. The fraction of sp³-hybridized carbons (Fsp3) is 0.200. The maximum Gasteiger partial charge on any atom is 0.314 e. The highest BCUT2D eigenvalue weighted by Crippen LogP contribution is 2.16. The van der Waals surface area contributed by atoms with Crippen LogP contribution in [0.15, 0.2) is 60.7 Å².